The van der Waals surface area contributed by atoms with Crippen molar-refractivity contribution in [2.75, 3.05) is 11.1 Å². The number of fused-ring (bicyclic) bond motifs is 3. The van der Waals surface area contributed by atoms with E-state index in [9.17, 15) is 4.39 Å². The fourth-order valence-electron chi connectivity index (χ4n) is 3.08. The largest absolute Gasteiger partial charge is 0.368 e. The number of para-hydroxylation sites is 1. The number of rotatable bonds is 5. The van der Waals surface area contributed by atoms with Crippen LogP contribution in [0.25, 0.3) is 16.6 Å². The maximum atomic E-state index is 13.1. The maximum Gasteiger partial charge on any atom is 0.232 e. The van der Waals surface area contributed by atoms with Gasteiger partial charge in [-0.2, -0.15) is 19.5 Å². The molecule has 5 aromatic rings. The van der Waals surface area contributed by atoms with Crippen molar-refractivity contribution in [3.05, 3.63) is 66.0 Å². The predicted octanol–water partition coefficient (Wildman–Crippen LogP) is 3.53. The Bertz CT molecular complexity index is 1400. The topological polar surface area (TPSA) is 120 Å². The van der Waals surface area contributed by atoms with Crippen LogP contribution in [0.3, 0.4) is 0 Å². The molecular formula is C20H16FN9S. The van der Waals surface area contributed by atoms with Crippen molar-refractivity contribution in [1.82, 2.24) is 34.5 Å². The van der Waals surface area contributed by atoms with Gasteiger partial charge in [0.1, 0.15) is 17.5 Å². The smallest absolute Gasteiger partial charge is 0.232 e. The molecule has 0 radical (unpaired) electrons. The van der Waals surface area contributed by atoms with Crippen LogP contribution in [0.4, 0.5) is 22.0 Å². The summed E-state index contributed by atoms with van der Waals surface area (Å²) in [6.07, 6.45) is 0. The van der Waals surface area contributed by atoms with Crippen LogP contribution in [0.15, 0.2) is 53.7 Å². The highest BCUT2D eigenvalue weighted by Gasteiger charge is 2.14. The lowest BCUT2D eigenvalue weighted by atomic mass is 10.2. The Hall–Kier alpha value is -3.86. The highest BCUT2D eigenvalue weighted by molar-refractivity contribution is 7.98. The molecule has 0 aliphatic rings. The van der Waals surface area contributed by atoms with E-state index >= 15 is 0 Å². The van der Waals surface area contributed by atoms with Gasteiger partial charge in [0.15, 0.2) is 10.8 Å². The van der Waals surface area contributed by atoms with Crippen molar-refractivity contribution in [1.29, 1.82) is 0 Å². The summed E-state index contributed by atoms with van der Waals surface area (Å²) in [5, 5.41) is 9.08. The van der Waals surface area contributed by atoms with Gasteiger partial charge in [0.25, 0.3) is 0 Å². The van der Waals surface area contributed by atoms with E-state index < -0.39 is 0 Å². The van der Waals surface area contributed by atoms with Crippen molar-refractivity contribution in [2.24, 2.45) is 0 Å². The van der Waals surface area contributed by atoms with Crippen LogP contribution in [0.5, 0.6) is 0 Å². The van der Waals surface area contributed by atoms with Crippen LogP contribution < -0.4 is 11.1 Å². The molecule has 0 saturated carbocycles. The van der Waals surface area contributed by atoms with Crippen LogP contribution in [-0.4, -0.2) is 34.5 Å². The number of halogens is 1. The Labute approximate surface area is 180 Å². The fraction of sp³-hybridized carbons (Fsp3) is 0.100. The van der Waals surface area contributed by atoms with E-state index in [-0.39, 0.29) is 17.7 Å². The third kappa shape index (κ3) is 3.94. The second-order valence-electron chi connectivity index (χ2n) is 6.66. The molecule has 3 heterocycles. The minimum absolute atomic E-state index is 0.0865. The molecule has 0 amide bonds. The molecule has 0 saturated heterocycles. The molecule has 0 fully saturated rings. The number of benzene rings is 2. The summed E-state index contributed by atoms with van der Waals surface area (Å²) in [6, 6.07) is 13.7. The number of nitrogens with two attached hydrogens (primary N) is 1. The molecule has 0 aliphatic heterocycles. The summed E-state index contributed by atoms with van der Waals surface area (Å²) in [7, 11) is 0. The Balaban J connectivity index is 1.43. The van der Waals surface area contributed by atoms with Crippen molar-refractivity contribution in [2.45, 2.75) is 17.8 Å². The van der Waals surface area contributed by atoms with Gasteiger partial charge >= 0.3 is 0 Å². The van der Waals surface area contributed by atoms with E-state index in [1.54, 1.807) is 16.6 Å². The molecule has 0 unspecified atom stereocenters. The summed E-state index contributed by atoms with van der Waals surface area (Å²) in [5.41, 5.74) is 8.08. The first-order valence-electron chi connectivity index (χ1n) is 9.33. The van der Waals surface area contributed by atoms with Crippen molar-refractivity contribution in [3.8, 4) is 0 Å². The first kappa shape index (κ1) is 19.1. The maximum absolute atomic E-state index is 13.1. The zero-order chi connectivity index (χ0) is 21.4. The number of nitrogens with zero attached hydrogens (tertiary/aromatic N) is 7. The van der Waals surface area contributed by atoms with E-state index in [0.717, 1.165) is 16.6 Å². The number of aryl methyl sites for hydroxylation is 1. The fourth-order valence-corrected chi connectivity index (χ4v) is 3.88. The third-order valence-electron chi connectivity index (χ3n) is 4.39. The normalized spacial score (nSPS) is 11.3. The number of nitrogens with one attached hydrogen (secondary N) is 1. The molecule has 0 spiro atoms. The average Bonchev–Trinajstić information content (AvgIpc) is 3.15. The molecule has 5 rings (SSSR count). The summed E-state index contributed by atoms with van der Waals surface area (Å²) in [4.78, 5) is 22.0. The molecule has 0 aliphatic carbocycles. The summed E-state index contributed by atoms with van der Waals surface area (Å²) in [6.45, 7) is 1.84. The molecule has 2 aromatic carbocycles. The van der Waals surface area contributed by atoms with Gasteiger partial charge in [-0.15, -0.1) is 5.10 Å². The van der Waals surface area contributed by atoms with E-state index in [4.69, 9.17) is 10.7 Å². The minimum atomic E-state index is -0.324. The first-order chi connectivity index (χ1) is 15.0. The minimum Gasteiger partial charge on any atom is -0.368 e. The zero-order valence-electron chi connectivity index (χ0n) is 16.3. The highest BCUT2D eigenvalue weighted by Crippen LogP contribution is 2.26. The number of nitrogen functional groups attached to an aromatic ring is 1. The van der Waals surface area contributed by atoms with Crippen LogP contribution in [0, 0.1) is 12.7 Å². The average molecular weight is 433 g/mol. The molecule has 0 atom stereocenters. The van der Waals surface area contributed by atoms with Gasteiger partial charge in [-0.05, 0) is 43.3 Å². The number of hydrogen-bond acceptors (Lipinski definition) is 9. The van der Waals surface area contributed by atoms with Crippen LogP contribution in [0.2, 0.25) is 0 Å². The quantitative estimate of drug-likeness (QED) is 0.317. The first-order valence-corrected chi connectivity index (χ1v) is 10.3. The van der Waals surface area contributed by atoms with Gasteiger partial charge in [-0.1, -0.05) is 23.9 Å². The van der Waals surface area contributed by atoms with E-state index in [1.807, 2.05) is 31.2 Å². The Morgan fingerprint density at radius 1 is 1.00 bits per heavy atom. The van der Waals surface area contributed by atoms with Crippen LogP contribution >= 0.6 is 11.8 Å². The Kier molecular flexibility index (Phi) is 4.79. The van der Waals surface area contributed by atoms with Gasteiger partial charge < -0.3 is 11.1 Å². The Morgan fingerprint density at radius 2 is 1.81 bits per heavy atom. The molecule has 3 aromatic heterocycles. The van der Waals surface area contributed by atoms with E-state index in [0.29, 0.717) is 28.2 Å². The van der Waals surface area contributed by atoms with Gasteiger partial charge in [0, 0.05) is 11.1 Å². The number of hydrogen-bond donors (Lipinski definition) is 2. The monoisotopic (exact) mass is 433 g/mol. The number of anilines is 3. The van der Waals surface area contributed by atoms with Crippen molar-refractivity contribution >= 4 is 45.9 Å². The van der Waals surface area contributed by atoms with E-state index in [2.05, 4.69) is 30.4 Å². The highest BCUT2D eigenvalue weighted by atomic mass is 32.2. The molecule has 154 valence electrons. The predicted molar refractivity (Wildman–Crippen MR) is 117 cm³/mol. The zero-order valence-corrected chi connectivity index (χ0v) is 17.1. The molecule has 9 nitrogen and oxygen atoms in total. The summed E-state index contributed by atoms with van der Waals surface area (Å²) in [5.74, 6) is 1.57. The lowest BCUT2D eigenvalue weighted by Gasteiger charge is -2.08. The SMILES string of the molecule is Cc1nc2c3ccccc3nc(SCc3nc(N)nc(Nc4ccc(F)cc4)n3)n2n1. The molecule has 11 heteroatoms. The second kappa shape index (κ2) is 7.76. The molecule has 0 bridgehead atoms. The standard InChI is InChI=1S/C20H16FN9S/c1-11-23-17-14-4-2-3-5-15(14)25-20(30(17)29-11)31-10-16-26-18(22)28-19(27-16)24-13-8-6-12(21)7-9-13/h2-9H,10H2,1H3,(H3,22,24,26,27,28). The lowest BCUT2D eigenvalue weighted by Crippen LogP contribution is -2.07. The molecule has 31 heavy (non-hydrogen) atoms. The van der Waals surface area contributed by atoms with Gasteiger partial charge in [-0.3, -0.25) is 0 Å². The lowest BCUT2D eigenvalue weighted by molar-refractivity contribution is 0.628. The van der Waals surface area contributed by atoms with Gasteiger partial charge in [-0.25, -0.2) is 14.4 Å². The number of thioether (sulfide) groups is 1. The van der Waals surface area contributed by atoms with Crippen LogP contribution in [0.1, 0.15) is 11.6 Å². The molecule has 3 N–H and O–H groups in total. The van der Waals surface area contributed by atoms with Gasteiger partial charge in [0.05, 0.1) is 11.3 Å². The van der Waals surface area contributed by atoms with Crippen molar-refractivity contribution in [3.63, 3.8) is 0 Å². The van der Waals surface area contributed by atoms with Gasteiger partial charge in [0.2, 0.25) is 11.9 Å². The van der Waals surface area contributed by atoms with Crippen molar-refractivity contribution < 1.29 is 4.39 Å². The summed E-state index contributed by atoms with van der Waals surface area (Å²) >= 11 is 1.42. The summed E-state index contributed by atoms with van der Waals surface area (Å²) < 4.78 is 14.8. The van der Waals surface area contributed by atoms with E-state index in [1.165, 1.54) is 23.9 Å². The third-order valence-corrected chi connectivity index (χ3v) is 5.31. The second-order valence-corrected chi connectivity index (χ2v) is 7.60. The Morgan fingerprint density at radius 3 is 2.65 bits per heavy atom. The van der Waals surface area contributed by atoms with Crippen LogP contribution in [-0.2, 0) is 5.75 Å². The molecular weight excluding hydrogens is 417 g/mol. The number of aromatic nitrogens is 7.